The van der Waals surface area contributed by atoms with Gasteiger partial charge in [0, 0.05) is 41.7 Å². The van der Waals surface area contributed by atoms with Crippen molar-refractivity contribution < 1.29 is 34.4 Å². The molecule has 0 spiro atoms. The minimum absolute atomic E-state index is 0.201. The molecule has 4 N–H and O–H groups in total. The highest BCUT2D eigenvalue weighted by atomic mass is 35.5. The highest BCUT2D eigenvalue weighted by Gasteiger charge is 2.48. The molecule has 2 aliphatic rings. The number of aromatic amines is 1. The molecule has 5 aromatic rings. The van der Waals surface area contributed by atoms with Gasteiger partial charge in [0.25, 0.3) is 11.8 Å². The van der Waals surface area contributed by atoms with E-state index in [0.29, 0.717) is 60.2 Å². The molecule has 2 aromatic heterocycles. The van der Waals surface area contributed by atoms with E-state index in [1.807, 2.05) is 19.9 Å². The molecular formula is C33H34Cl2N4O7. The van der Waals surface area contributed by atoms with Gasteiger partial charge < -0.3 is 39.2 Å². The number of fused-ring (bicyclic) bond motifs is 10. The summed E-state index contributed by atoms with van der Waals surface area (Å²) in [4.78, 5) is 35.6. The number of carbonyl (C=O) groups is 2. The Balaban J connectivity index is 1.61. The second-order valence-corrected chi connectivity index (χ2v) is 12.5. The predicted octanol–water partition coefficient (Wildman–Crippen LogP) is 4.30. The SMILES string of the molecule is CCN(CC)CCN1C(=O)c2c(c3c4cccc(Cl)c4n([C@H]4O[C@H](CO)[C@H](OC)[C@H](O)[C@H]4O)c3c3[nH]c4c(Cl)cccc4c23)C1=O. The molecule has 0 unspecified atom stereocenters. The molecule has 13 heteroatoms. The molecule has 46 heavy (non-hydrogen) atoms. The Labute approximate surface area is 273 Å². The molecule has 0 radical (unpaired) electrons. The van der Waals surface area contributed by atoms with Gasteiger partial charge in [0.15, 0.2) is 6.23 Å². The lowest BCUT2D eigenvalue weighted by Gasteiger charge is -2.42. The quantitative estimate of drug-likeness (QED) is 0.180. The summed E-state index contributed by atoms with van der Waals surface area (Å²) in [5.74, 6) is -0.845. The lowest BCUT2D eigenvalue weighted by molar-refractivity contribution is -0.255. The number of aromatic nitrogens is 2. The fourth-order valence-electron chi connectivity index (χ4n) is 7.29. The first-order valence-electron chi connectivity index (χ1n) is 15.3. The first-order valence-corrected chi connectivity index (χ1v) is 16.1. The maximum absolute atomic E-state index is 14.4. The van der Waals surface area contributed by atoms with Crippen molar-refractivity contribution >= 4 is 78.6 Å². The number of rotatable bonds is 8. The van der Waals surface area contributed by atoms with Gasteiger partial charge in [-0.25, -0.2) is 0 Å². The average molecular weight is 670 g/mol. The molecule has 0 bridgehead atoms. The number of hydrogen-bond donors (Lipinski definition) is 4. The second-order valence-electron chi connectivity index (χ2n) is 11.7. The van der Waals surface area contributed by atoms with Crippen molar-refractivity contribution in [1.82, 2.24) is 19.4 Å². The molecule has 0 saturated carbocycles. The Morgan fingerprint density at radius 1 is 0.913 bits per heavy atom. The minimum atomic E-state index is -1.53. The number of likely N-dealkylation sites (N-methyl/N-ethyl adjacent to an activating group) is 1. The van der Waals surface area contributed by atoms with Crippen LogP contribution < -0.4 is 0 Å². The number of aliphatic hydroxyl groups is 3. The molecule has 2 aliphatic heterocycles. The first kappa shape index (κ1) is 31.3. The van der Waals surface area contributed by atoms with Crippen molar-refractivity contribution in [2.24, 2.45) is 0 Å². The Hall–Kier alpha value is -3.26. The van der Waals surface area contributed by atoms with Crippen molar-refractivity contribution in [3.63, 3.8) is 0 Å². The fourth-order valence-corrected chi connectivity index (χ4v) is 7.78. The summed E-state index contributed by atoms with van der Waals surface area (Å²) in [5, 5.41) is 35.7. The Bertz CT molecular complexity index is 2040. The third kappa shape index (κ3) is 4.34. The van der Waals surface area contributed by atoms with Crippen LogP contribution in [-0.2, 0) is 9.47 Å². The first-order chi connectivity index (χ1) is 22.2. The zero-order valence-corrected chi connectivity index (χ0v) is 27.0. The largest absolute Gasteiger partial charge is 0.394 e. The van der Waals surface area contributed by atoms with E-state index in [-0.39, 0.29) is 17.7 Å². The van der Waals surface area contributed by atoms with Crippen molar-refractivity contribution in [1.29, 1.82) is 0 Å². The summed E-state index contributed by atoms with van der Waals surface area (Å²) >= 11 is 13.6. The van der Waals surface area contributed by atoms with Gasteiger partial charge >= 0.3 is 0 Å². The number of nitrogens with one attached hydrogen (secondary N) is 1. The topological polar surface area (TPSA) is 140 Å². The minimum Gasteiger partial charge on any atom is -0.394 e. The number of carbonyl (C=O) groups excluding carboxylic acids is 2. The number of hydrogen-bond acceptors (Lipinski definition) is 8. The van der Waals surface area contributed by atoms with Gasteiger partial charge in [-0.2, -0.15) is 0 Å². The van der Waals surface area contributed by atoms with E-state index in [1.165, 1.54) is 12.0 Å². The number of aliphatic hydroxyl groups excluding tert-OH is 3. The van der Waals surface area contributed by atoms with Crippen LogP contribution in [0.4, 0.5) is 0 Å². The van der Waals surface area contributed by atoms with E-state index < -0.39 is 49.1 Å². The number of imide groups is 1. The van der Waals surface area contributed by atoms with Gasteiger partial charge in [-0.05, 0) is 25.2 Å². The summed E-state index contributed by atoms with van der Waals surface area (Å²) in [6.07, 6.45) is -6.23. The van der Waals surface area contributed by atoms with Crippen molar-refractivity contribution in [2.45, 2.75) is 44.5 Å². The van der Waals surface area contributed by atoms with Crippen LogP contribution in [0.1, 0.15) is 40.8 Å². The summed E-state index contributed by atoms with van der Waals surface area (Å²) in [6.45, 7) is 5.83. The molecular weight excluding hydrogens is 635 g/mol. The van der Waals surface area contributed by atoms with Crippen LogP contribution in [0, 0.1) is 0 Å². The molecule has 242 valence electrons. The molecule has 11 nitrogen and oxygen atoms in total. The van der Waals surface area contributed by atoms with Gasteiger partial charge in [-0.15, -0.1) is 0 Å². The third-order valence-corrected chi connectivity index (χ3v) is 10.2. The van der Waals surface area contributed by atoms with E-state index >= 15 is 0 Å². The highest BCUT2D eigenvalue weighted by molar-refractivity contribution is 6.43. The van der Waals surface area contributed by atoms with Gasteiger partial charge in [-0.1, -0.05) is 61.3 Å². The second kappa shape index (κ2) is 11.8. The third-order valence-electron chi connectivity index (χ3n) is 9.56. The summed E-state index contributed by atoms with van der Waals surface area (Å²) in [6, 6.07) is 10.6. The van der Waals surface area contributed by atoms with Crippen LogP contribution in [-0.4, -0.2) is 111 Å². The Morgan fingerprint density at radius 2 is 1.57 bits per heavy atom. The van der Waals surface area contributed by atoms with Gasteiger partial charge in [0.1, 0.15) is 24.4 Å². The van der Waals surface area contributed by atoms with E-state index in [0.717, 1.165) is 13.1 Å². The average Bonchev–Trinajstić information content (AvgIpc) is 3.68. The number of benzene rings is 3. The molecule has 5 atom stereocenters. The van der Waals surface area contributed by atoms with Crippen molar-refractivity contribution in [3.8, 4) is 0 Å². The van der Waals surface area contributed by atoms with E-state index in [2.05, 4.69) is 9.88 Å². The van der Waals surface area contributed by atoms with Crippen LogP contribution in [0.3, 0.4) is 0 Å². The zero-order chi connectivity index (χ0) is 32.6. The smallest absolute Gasteiger partial charge is 0.262 e. The number of para-hydroxylation sites is 2. The van der Waals surface area contributed by atoms with Crippen LogP contribution in [0.25, 0.3) is 43.6 Å². The molecule has 0 aliphatic carbocycles. The van der Waals surface area contributed by atoms with E-state index in [9.17, 15) is 24.9 Å². The van der Waals surface area contributed by atoms with Crippen LogP contribution in [0.5, 0.6) is 0 Å². The molecule has 1 saturated heterocycles. The van der Waals surface area contributed by atoms with Crippen molar-refractivity contribution in [2.75, 3.05) is 39.9 Å². The highest BCUT2D eigenvalue weighted by Crippen LogP contribution is 2.49. The zero-order valence-electron chi connectivity index (χ0n) is 25.5. The Kier molecular flexibility index (Phi) is 8.02. The maximum atomic E-state index is 14.4. The van der Waals surface area contributed by atoms with Gasteiger partial charge in [-0.3, -0.25) is 14.5 Å². The number of methoxy groups -OCH3 is 1. The Morgan fingerprint density at radius 3 is 2.22 bits per heavy atom. The normalized spacial score (nSPS) is 23.7. The van der Waals surface area contributed by atoms with Crippen LogP contribution in [0.2, 0.25) is 10.0 Å². The number of nitrogens with zero attached hydrogens (tertiary/aromatic N) is 3. The number of ether oxygens (including phenoxy) is 2. The standard InChI is InChI=1S/C33H34Cl2N4O7/c1-4-37(5-2)12-13-38-31(43)22-20-15-8-6-10-17(34)24(15)36-25(20)27-21(23(22)32(38)44)16-9-7-11-18(35)26(16)39(27)33-29(42)28(41)30(45-3)19(14-40)46-33/h6-11,19,28-30,33,36,40-42H,4-5,12-14H2,1-3H3/t19-,28-,29-,30+,33+/m1/s1. The summed E-state index contributed by atoms with van der Waals surface area (Å²) < 4.78 is 13.3. The van der Waals surface area contributed by atoms with Crippen LogP contribution >= 0.6 is 23.2 Å². The molecule has 4 heterocycles. The number of H-pyrrole nitrogens is 1. The van der Waals surface area contributed by atoms with Crippen LogP contribution in [0.15, 0.2) is 36.4 Å². The monoisotopic (exact) mass is 668 g/mol. The predicted molar refractivity (Wildman–Crippen MR) is 176 cm³/mol. The number of amides is 2. The lowest BCUT2D eigenvalue weighted by atomic mass is 9.96. The van der Waals surface area contributed by atoms with Crippen molar-refractivity contribution in [3.05, 3.63) is 57.6 Å². The maximum Gasteiger partial charge on any atom is 0.262 e. The fraction of sp³-hybridized carbons (Fsp3) is 0.394. The molecule has 1 fully saturated rings. The summed E-state index contributed by atoms with van der Waals surface area (Å²) in [7, 11) is 1.36. The summed E-state index contributed by atoms with van der Waals surface area (Å²) in [5.41, 5.74) is 2.38. The van der Waals surface area contributed by atoms with E-state index in [4.69, 9.17) is 32.7 Å². The van der Waals surface area contributed by atoms with E-state index in [1.54, 1.807) is 34.9 Å². The molecule has 7 rings (SSSR count). The number of halogens is 2. The lowest BCUT2D eigenvalue weighted by Crippen LogP contribution is -2.57. The van der Waals surface area contributed by atoms with Gasteiger partial charge in [0.2, 0.25) is 0 Å². The van der Waals surface area contributed by atoms with Gasteiger partial charge in [0.05, 0.1) is 49.8 Å². The molecule has 3 aromatic carbocycles. The molecule has 2 amide bonds.